The summed E-state index contributed by atoms with van der Waals surface area (Å²) in [4.78, 5) is 2.66. The number of anilines is 1. The van der Waals surface area contributed by atoms with E-state index in [1.807, 2.05) is 0 Å². The van der Waals surface area contributed by atoms with Gasteiger partial charge in [0.25, 0.3) is 0 Å². The van der Waals surface area contributed by atoms with Crippen LogP contribution in [-0.2, 0) is 7.05 Å². The molecule has 1 aliphatic carbocycles. The Balaban J connectivity index is 2.07. The lowest BCUT2D eigenvalue weighted by Crippen LogP contribution is -2.49. The van der Waals surface area contributed by atoms with Gasteiger partial charge in [-0.2, -0.15) is 0 Å². The molecule has 3 atom stereocenters. The highest BCUT2D eigenvalue weighted by molar-refractivity contribution is 5.49. The fourth-order valence-corrected chi connectivity index (χ4v) is 4.12. The minimum atomic E-state index is 0.389. The summed E-state index contributed by atoms with van der Waals surface area (Å²) in [7, 11) is 2.15. The third-order valence-corrected chi connectivity index (χ3v) is 5.16. The molecule has 1 aliphatic heterocycles. The molecule has 1 saturated carbocycles. The highest BCUT2D eigenvalue weighted by Gasteiger charge is 2.58. The Bertz CT molecular complexity index is 422. The second-order valence-corrected chi connectivity index (χ2v) is 6.35. The van der Waals surface area contributed by atoms with E-state index < -0.39 is 0 Å². The summed E-state index contributed by atoms with van der Waals surface area (Å²) >= 11 is 0. The van der Waals surface area contributed by atoms with E-state index in [-0.39, 0.29) is 0 Å². The zero-order chi connectivity index (χ0) is 11.6. The molecular weight excluding hydrogens is 196 g/mol. The first-order valence-electron chi connectivity index (χ1n) is 6.37. The van der Waals surface area contributed by atoms with Crippen LogP contribution in [0.15, 0.2) is 18.3 Å². The van der Waals surface area contributed by atoms with E-state index in [1.54, 1.807) is 0 Å². The smallest absolute Gasteiger partial charge is 0.108 e. The van der Waals surface area contributed by atoms with Crippen LogP contribution in [0.3, 0.4) is 0 Å². The van der Waals surface area contributed by atoms with E-state index in [0.717, 1.165) is 0 Å². The molecule has 1 saturated heterocycles. The van der Waals surface area contributed by atoms with E-state index in [2.05, 4.69) is 55.6 Å². The van der Waals surface area contributed by atoms with Crippen molar-refractivity contribution in [2.24, 2.45) is 12.5 Å². The van der Waals surface area contributed by atoms with Gasteiger partial charge in [0.1, 0.15) is 5.82 Å². The largest absolute Gasteiger partial charge is 0.349 e. The summed E-state index contributed by atoms with van der Waals surface area (Å²) in [5.41, 5.74) is 0.916. The Kier molecular flexibility index (Phi) is 1.82. The maximum Gasteiger partial charge on any atom is 0.108 e. The molecule has 2 bridgehead atoms. The van der Waals surface area contributed by atoms with Crippen molar-refractivity contribution in [1.82, 2.24) is 4.57 Å². The molecule has 0 radical (unpaired) electrons. The standard InChI is InChI=1S/C14H22N2/c1-11-13(2)7-8-14(3,10-13)16(11)12-6-5-9-15(12)4/h5-6,9,11H,7-8,10H2,1-4H3. The molecule has 2 nitrogen and oxygen atoms in total. The summed E-state index contributed by atoms with van der Waals surface area (Å²) in [5.74, 6) is 1.39. The van der Waals surface area contributed by atoms with Gasteiger partial charge in [0, 0.05) is 24.8 Å². The van der Waals surface area contributed by atoms with Gasteiger partial charge in [-0.3, -0.25) is 0 Å². The van der Waals surface area contributed by atoms with Crippen LogP contribution in [0.25, 0.3) is 0 Å². The number of aromatic nitrogens is 1. The molecule has 0 aromatic carbocycles. The Morgan fingerprint density at radius 1 is 1.31 bits per heavy atom. The van der Waals surface area contributed by atoms with E-state index in [9.17, 15) is 0 Å². The fraction of sp³-hybridized carbons (Fsp3) is 0.714. The van der Waals surface area contributed by atoms with Crippen molar-refractivity contribution >= 4 is 5.82 Å². The summed E-state index contributed by atoms with van der Waals surface area (Å²) in [6.45, 7) is 7.30. The maximum atomic E-state index is 2.66. The van der Waals surface area contributed by atoms with Crippen LogP contribution in [0.4, 0.5) is 5.82 Å². The Morgan fingerprint density at radius 3 is 2.56 bits per heavy atom. The fourth-order valence-electron chi connectivity index (χ4n) is 4.12. The molecule has 1 aromatic heterocycles. The topological polar surface area (TPSA) is 8.17 Å². The normalized spacial score (nSPS) is 42.0. The molecule has 1 aromatic rings. The maximum absolute atomic E-state index is 2.66. The number of hydrogen-bond acceptors (Lipinski definition) is 1. The van der Waals surface area contributed by atoms with E-state index >= 15 is 0 Å². The van der Waals surface area contributed by atoms with Gasteiger partial charge in [-0.25, -0.2) is 0 Å². The van der Waals surface area contributed by atoms with E-state index in [0.29, 0.717) is 17.0 Å². The van der Waals surface area contributed by atoms with Crippen LogP contribution < -0.4 is 4.90 Å². The lowest BCUT2D eigenvalue weighted by atomic mass is 9.83. The van der Waals surface area contributed by atoms with Crippen molar-refractivity contribution in [3.8, 4) is 0 Å². The van der Waals surface area contributed by atoms with Gasteiger partial charge in [-0.05, 0) is 50.7 Å². The molecule has 0 N–H and O–H groups in total. The Morgan fingerprint density at radius 2 is 2.06 bits per heavy atom. The van der Waals surface area contributed by atoms with Crippen molar-refractivity contribution in [2.75, 3.05) is 4.90 Å². The van der Waals surface area contributed by atoms with Gasteiger partial charge >= 0.3 is 0 Å². The first-order valence-corrected chi connectivity index (χ1v) is 6.37. The average molecular weight is 218 g/mol. The molecule has 2 heteroatoms. The summed E-state index contributed by atoms with van der Waals surface area (Å²) in [5, 5.41) is 0. The number of rotatable bonds is 1. The lowest BCUT2D eigenvalue weighted by Gasteiger charge is -2.44. The molecule has 0 spiro atoms. The third kappa shape index (κ3) is 1.08. The molecular formula is C14H22N2. The van der Waals surface area contributed by atoms with Crippen LogP contribution in [0.2, 0.25) is 0 Å². The molecule has 2 fully saturated rings. The molecule has 3 rings (SSSR count). The number of aryl methyl sites for hydroxylation is 1. The predicted octanol–water partition coefficient (Wildman–Crippen LogP) is 3.18. The van der Waals surface area contributed by atoms with Crippen LogP contribution >= 0.6 is 0 Å². The van der Waals surface area contributed by atoms with Gasteiger partial charge < -0.3 is 9.47 Å². The molecule has 16 heavy (non-hydrogen) atoms. The molecule has 3 unspecified atom stereocenters. The molecule has 0 amide bonds. The van der Waals surface area contributed by atoms with Crippen molar-refractivity contribution in [1.29, 1.82) is 0 Å². The monoisotopic (exact) mass is 218 g/mol. The van der Waals surface area contributed by atoms with Crippen molar-refractivity contribution in [3.63, 3.8) is 0 Å². The molecule has 2 aliphatic rings. The van der Waals surface area contributed by atoms with Gasteiger partial charge in [-0.1, -0.05) is 6.92 Å². The average Bonchev–Trinajstić information content (AvgIpc) is 2.78. The van der Waals surface area contributed by atoms with Crippen molar-refractivity contribution in [3.05, 3.63) is 18.3 Å². The SMILES string of the molecule is CC1N(c2cccn2C)C2(C)CCC1(C)C2. The zero-order valence-electron chi connectivity index (χ0n) is 10.8. The van der Waals surface area contributed by atoms with Gasteiger partial charge in [0.2, 0.25) is 0 Å². The molecule has 2 heterocycles. The number of nitrogens with zero attached hydrogens (tertiary/aromatic N) is 2. The third-order valence-electron chi connectivity index (χ3n) is 5.16. The first-order chi connectivity index (χ1) is 7.46. The van der Waals surface area contributed by atoms with Gasteiger partial charge in [0.05, 0.1) is 0 Å². The Hall–Kier alpha value is -0.920. The van der Waals surface area contributed by atoms with Crippen LogP contribution in [0.5, 0.6) is 0 Å². The minimum absolute atomic E-state index is 0.389. The second kappa shape index (κ2) is 2.85. The molecule has 88 valence electrons. The van der Waals surface area contributed by atoms with Crippen molar-refractivity contribution < 1.29 is 0 Å². The summed E-state index contributed by atoms with van der Waals surface area (Å²) in [6.07, 6.45) is 6.25. The number of hydrogen-bond donors (Lipinski definition) is 0. The highest BCUT2D eigenvalue weighted by Crippen LogP contribution is 2.58. The van der Waals surface area contributed by atoms with Gasteiger partial charge in [0.15, 0.2) is 0 Å². The van der Waals surface area contributed by atoms with Crippen LogP contribution in [-0.4, -0.2) is 16.1 Å². The van der Waals surface area contributed by atoms with Gasteiger partial charge in [-0.15, -0.1) is 0 Å². The van der Waals surface area contributed by atoms with Crippen LogP contribution in [0.1, 0.15) is 40.0 Å². The van der Waals surface area contributed by atoms with E-state index in [4.69, 9.17) is 0 Å². The number of fused-ring (bicyclic) bond motifs is 2. The summed E-state index contributed by atoms with van der Waals surface area (Å²) in [6, 6.07) is 5.07. The Labute approximate surface area is 98.2 Å². The van der Waals surface area contributed by atoms with Crippen LogP contribution in [0, 0.1) is 5.41 Å². The first kappa shape index (κ1) is 10.2. The lowest BCUT2D eigenvalue weighted by molar-refractivity contribution is 0.289. The second-order valence-electron chi connectivity index (χ2n) is 6.35. The summed E-state index contributed by atoms with van der Waals surface area (Å²) < 4.78 is 2.26. The predicted molar refractivity (Wildman–Crippen MR) is 67.7 cm³/mol. The number of piperidine rings is 1. The van der Waals surface area contributed by atoms with Crippen molar-refractivity contribution in [2.45, 2.75) is 51.6 Å². The van der Waals surface area contributed by atoms with E-state index in [1.165, 1.54) is 25.1 Å². The quantitative estimate of drug-likeness (QED) is 0.703. The zero-order valence-corrected chi connectivity index (χ0v) is 10.8. The highest BCUT2D eigenvalue weighted by atomic mass is 15.3. The minimum Gasteiger partial charge on any atom is -0.349 e.